The van der Waals surface area contributed by atoms with Crippen LogP contribution in [0.3, 0.4) is 0 Å². The molecule has 0 saturated carbocycles. The van der Waals surface area contributed by atoms with Crippen LogP contribution >= 0.6 is 11.6 Å². The second kappa shape index (κ2) is 21.3. The third-order valence-electron chi connectivity index (χ3n) is 6.40. The predicted molar refractivity (Wildman–Crippen MR) is 183 cm³/mol. The van der Waals surface area contributed by atoms with E-state index < -0.39 is 30.7 Å². The molecule has 0 aliphatic rings. The zero-order chi connectivity index (χ0) is 35.5. The summed E-state index contributed by atoms with van der Waals surface area (Å²) in [5.41, 5.74) is 2.89. The van der Waals surface area contributed by atoms with Crippen LogP contribution in [0.1, 0.15) is 85.6 Å². The van der Waals surface area contributed by atoms with Crippen molar-refractivity contribution in [3.8, 4) is 5.75 Å². The minimum atomic E-state index is -4.97. The number of amidine groups is 1. The number of carbonyl (C=O) groups is 1. The van der Waals surface area contributed by atoms with Crippen molar-refractivity contribution in [3.63, 3.8) is 0 Å². The van der Waals surface area contributed by atoms with Crippen LogP contribution < -0.4 is 10.6 Å². The summed E-state index contributed by atoms with van der Waals surface area (Å²) in [6.07, 6.45) is -2.48. The highest BCUT2D eigenvalue weighted by molar-refractivity contribution is 6.30. The van der Waals surface area contributed by atoms with E-state index in [0.29, 0.717) is 22.8 Å². The van der Waals surface area contributed by atoms with Gasteiger partial charge in [0.15, 0.2) is 6.10 Å². The van der Waals surface area contributed by atoms with E-state index in [1.807, 2.05) is 25.1 Å². The molecule has 46 heavy (non-hydrogen) atoms. The van der Waals surface area contributed by atoms with Gasteiger partial charge < -0.3 is 26.3 Å². The number of aliphatic hydroxyl groups excluding tert-OH is 1. The van der Waals surface area contributed by atoms with Gasteiger partial charge in [-0.05, 0) is 79.4 Å². The smallest absolute Gasteiger partial charge is 0.416 e. The first-order chi connectivity index (χ1) is 21.5. The molecule has 0 aromatic heterocycles. The van der Waals surface area contributed by atoms with Gasteiger partial charge in [-0.1, -0.05) is 78.5 Å². The monoisotopic (exact) mass is 669 g/mol. The zero-order valence-electron chi connectivity index (χ0n) is 27.8. The number of amides is 2. The zero-order valence-corrected chi connectivity index (χ0v) is 28.6. The lowest BCUT2D eigenvalue weighted by Crippen LogP contribution is -2.50. The number of hydrogen-bond acceptors (Lipinski definition) is 6. The number of alkyl halides is 3. The maximum Gasteiger partial charge on any atom is 0.416 e. The second-order valence-electron chi connectivity index (χ2n) is 11.8. The van der Waals surface area contributed by atoms with Gasteiger partial charge in [-0.2, -0.15) is 13.2 Å². The summed E-state index contributed by atoms with van der Waals surface area (Å²) in [7, 11) is 0. The number of aliphatic hydroxyl groups is 1. The Balaban J connectivity index is 0.00000312. The highest BCUT2D eigenvalue weighted by Crippen LogP contribution is 2.30. The Morgan fingerprint density at radius 3 is 2.07 bits per heavy atom. The molecule has 0 bridgehead atoms. The van der Waals surface area contributed by atoms with Crippen molar-refractivity contribution in [3.05, 3.63) is 70.4 Å². The number of phenolic OH excluding ortho intramolecular Hbond substituents is 1. The molecule has 0 fully saturated rings. The summed E-state index contributed by atoms with van der Waals surface area (Å²) in [6, 6.07) is 11.5. The first-order valence-corrected chi connectivity index (χ1v) is 15.7. The van der Waals surface area contributed by atoms with Crippen LogP contribution in [-0.2, 0) is 0 Å². The summed E-state index contributed by atoms with van der Waals surface area (Å²) >= 11 is 6.17. The number of unbranched alkanes of at least 4 members (excludes halogenated alkanes) is 1. The molecule has 8 nitrogen and oxygen atoms in total. The van der Waals surface area contributed by atoms with Crippen LogP contribution in [-0.4, -0.2) is 59.1 Å². The third kappa shape index (κ3) is 16.7. The number of halogens is 4. The number of anilines is 1. The lowest BCUT2D eigenvalue weighted by Gasteiger charge is -2.28. The maximum absolute atomic E-state index is 13.1. The Kier molecular flexibility index (Phi) is 19.6. The van der Waals surface area contributed by atoms with E-state index in [4.69, 9.17) is 22.4 Å². The predicted octanol–water partition coefficient (Wildman–Crippen LogP) is 9.37. The molecule has 2 aromatic rings. The molecule has 2 amide bonds. The Hall–Kier alpha value is -3.57. The van der Waals surface area contributed by atoms with Gasteiger partial charge in [-0.15, -0.1) is 0 Å². The number of carbonyl (C=O) groups excluding carboxylic acids is 1. The van der Waals surface area contributed by atoms with Gasteiger partial charge in [0.2, 0.25) is 0 Å². The molecular formula is C34H51ClF3N5O3. The molecule has 1 atom stereocenters. The molecule has 6 N–H and O–H groups in total. The van der Waals surface area contributed by atoms with Crippen molar-refractivity contribution in [2.45, 2.75) is 92.3 Å². The summed E-state index contributed by atoms with van der Waals surface area (Å²) in [5, 5.41) is 39.7. The first kappa shape index (κ1) is 42.4. The van der Waals surface area contributed by atoms with Crippen molar-refractivity contribution in [1.82, 2.24) is 10.2 Å². The number of aromatic hydroxyl groups is 1. The number of benzene rings is 2. The van der Waals surface area contributed by atoms with E-state index in [1.165, 1.54) is 37.1 Å². The number of rotatable bonds is 12. The van der Waals surface area contributed by atoms with Gasteiger partial charge in [0.25, 0.3) is 0 Å². The Labute approximate surface area is 277 Å². The molecule has 0 saturated heterocycles. The first-order valence-electron chi connectivity index (χ1n) is 15.3. The summed E-state index contributed by atoms with van der Waals surface area (Å²) in [4.78, 5) is 13.6. The molecule has 0 heterocycles. The number of allylic oxidation sites excluding steroid dienone is 1. The molecule has 2 rings (SSSR count). The van der Waals surface area contributed by atoms with Crippen LogP contribution in [0.25, 0.3) is 0 Å². The van der Waals surface area contributed by atoms with Crippen molar-refractivity contribution < 1.29 is 28.2 Å². The molecule has 1 unspecified atom stereocenters. The quantitative estimate of drug-likeness (QED) is 0.0992. The molecule has 0 aliphatic carbocycles. The van der Waals surface area contributed by atoms with Crippen molar-refractivity contribution >= 4 is 35.9 Å². The van der Waals surface area contributed by atoms with Crippen LogP contribution in [0.5, 0.6) is 5.75 Å². The van der Waals surface area contributed by atoms with E-state index in [-0.39, 0.29) is 23.3 Å². The fourth-order valence-electron chi connectivity index (χ4n) is 4.00. The highest BCUT2D eigenvalue weighted by Gasteiger charge is 2.41. The Morgan fingerprint density at radius 1 is 1.00 bits per heavy atom. The number of urea groups is 1. The molecule has 12 heteroatoms. The van der Waals surface area contributed by atoms with Gasteiger partial charge in [-0.3, -0.25) is 10.3 Å². The largest absolute Gasteiger partial charge is 0.508 e. The van der Waals surface area contributed by atoms with Crippen molar-refractivity contribution in [2.75, 3.05) is 18.4 Å². The third-order valence-corrected chi connectivity index (χ3v) is 6.63. The topological polar surface area (TPSA) is 133 Å². The number of phenols is 1. The second-order valence-corrected chi connectivity index (χ2v) is 12.2. The minimum absolute atomic E-state index is 0.0626. The molecule has 258 valence electrons. The lowest BCUT2D eigenvalue weighted by atomic mass is 9.87. The number of hydrogen-bond donors (Lipinski definition) is 6. The Bertz CT molecular complexity index is 1230. The van der Waals surface area contributed by atoms with Crippen LogP contribution in [0.15, 0.2) is 59.8 Å². The van der Waals surface area contributed by atoms with Crippen molar-refractivity contribution in [2.24, 2.45) is 5.41 Å². The van der Waals surface area contributed by atoms with E-state index in [9.17, 15) is 28.2 Å². The van der Waals surface area contributed by atoms with E-state index in [1.54, 1.807) is 6.07 Å². The standard InChI is InChI=1S/C29H38ClF3N4O3.C4H10.CH3N/c1-5-7-19(24(17-28(2,3)4)36-22-9-6-8-21(30)16-22)14-15-35-27(40)37(18-25(39)29(31,32)33)26(34)20-10-12-23(38)13-11-20;1-3-4-2;1-2/h6,8-13,16,25,34,36,38-39H,5,7,14-15,17-18H2,1-4H3,(H,35,40);3-4H2,1-2H3;2H,1H2/b24-19-,34-26?;;. The molecule has 2 aromatic carbocycles. The average molecular weight is 670 g/mol. The van der Waals surface area contributed by atoms with Crippen LogP contribution in [0.4, 0.5) is 23.7 Å². The number of nitrogens with one attached hydrogen (secondary N) is 4. The van der Waals surface area contributed by atoms with Crippen molar-refractivity contribution in [1.29, 1.82) is 10.8 Å². The molecule has 0 spiro atoms. The van der Waals surface area contributed by atoms with Gasteiger partial charge >= 0.3 is 12.2 Å². The highest BCUT2D eigenvalue weighted by atomic mass is 35.5. The summed E-state index contributed by atoms with van der Waals surface area (Å²) < 4.78 is 39.4. The molecular weight excluding hydrogens is 619 g/mol. The number of nitrogens with zero attached hydrogens (tertiary/aromatic N) is 1. The lowest BCUT2D eigenvalue weighted by molar-refractivity contribution is -0.204. The normalized spacial score (nSPS) is 12.3. The fourth-order valence-corrected chi connectivity index (χ4v) is 4.19. The van der Waals surface area contributed by atoms with Crippen LogP contribution in [0, 0.1) is 16.2 Å². The summed E-state index contributed by atoms with van der Waals surface area (Å²) in [6.45, 7) is 14.2. The fraction of sp³-hybridized carbons (Fsp3) is 0.500. The SMILES string of the molecule is C=N.CCC/C(CCNC(=O)N(CC(O)C(F)(F)F)C(=N)c1ccc(O)cc1)=C(\CC(C)(C)C)Nc1cccc(Cl)c1.CCCC. The summed E-state index contributed by atoms with van der Waals surface area (Å²) in [5.74, 6) is -0.642. The molecule has 0 radical (unpaired) electrons. The van der Waals surface area contributed by atoms with Gasteiger partial charge in [0, 0.05) is 28.5 Å². The van der Waals surface area contributed by atoms with E-state index >= 15 is 0 Å². The minimum Gasteiger partial charge on any atom is -0.508 e. The van der Waals surface area contributed by atoms with E-state index in [0.717, 1.165) is 29.8 Å². The van der Waals surface area contributed by atoms with Gasteiger partial charge in [-0.25, -0.2) is 4.79 Å². The van der Waals surface area contributed by atoms with E-state index in [2.05, 4.69) is 52.0 Å². The van der Waals surface area contributed by atoms with Crippen LogP contribution in [0.2, 0.25) is 5.02 Å². The maximum atomic E-state index is 13.1. The molecule has 0 aliphatic heterocycles. The van der Waals surface area contributed by atoms with Gasteiger partial charge in [0.1, 0.15) is 11.6 Å². The average Bonchev–Trinajstić information content (AvgIpc) is 2.99. The Morgan fingerprint density at radius 2 is 1.59 bits per heavy atom. The van der Waals surface area contributed by atoms with Gasteiger partial charge in [0.05, 0.1) is 6.54 Å².